The lowest BCUT2D eigenvalue weighted by atomic mass is 10.2. The normalized spacial score (nSPS) is 12.6. The van der Waals surface area contributed by atoms with Gasteiger partial charge in [0.05, 0.1) is 21.0 Å². The van der Waals surface area contributed by atoms with Crippen LogP contribution in [0.5, 0.6) is 0 Å². The number of hydrogen-bond donors (Lipinski definition) is 1. The van der Waals surface area contributed by atoms with Crippen molar-refractivity contribution in [2.24, 2.45) is 0 Å². The first-order chi connectivity index (χ1) is 15.7. The van der Waals surface area contributed by atoms with Gasteiger partial charge in [0.2, 0.25) is 11.1 Å². The zero-order chi connectivity index (χ0) is 22.1. The Morgan fingerprint density at radius 3 is 2.72 bits per heavy atom. The summed E-state index contributed by atoms with van der Waals surface area (Å²) in [5, 5.41) is 13.6. The number of nitrogens with one attached hydrogen (secondary N) is 1. The van der Waals surface area contributed by atoms with Crippen LogP contribution in [0.15, 0.2) is 53.7 Å². The number of amides is 1. The van der Waals surface area contributed by atoms with Crippen LogP contribution in [-0.4, -0.2) is 35.9 Å². The van der Waals surface area contributed by atoms with E-state index in [1.54, 1.807) is 0 Å². The van der Waals surface area contributed by atoms with Crippen molar-refractivity contribution >= 4 is 66.4 Å². The molecule has 7 nitrogen and oxygen atoms in total. The third-order valence-electron chi connectivity index (χ3n) is 5.24. The Morgan fingerprint density at radius 2 is 1.91 bits per heavy atom. The minimum Gasteiger partial charge on any atom is -0.324 e. The molecule has 5 rings (SSSR count). The minimum atomic E-state index is -0.342. The van der Waals surface area contributed by atoms with E-state index >= 15 is 0 Å². The Hall–Kier alpha value is -3.04. The van der Waals surface area contributed by atoms with E-state index in [1.165, 1.54) is 23.1 Å². The van der Waals surface area contributed by atoms with Crippen molar-refractivity contribution in [2.45, 2.75) is 43.6 Å². The van der Waals surface area contributed by atoms with Crippen molar-refractivity contribution in [1.82, 2.24) is 24.7 Å². The second-order valence-corrected chi connectivity index (χ2v) is 9.63. The lowest BCUT2D eigenvalue weighted by Gasteiger charge is -2.12. The van der Waals surface area contributed by atoms with Crippen LogP contribution in [-0.2, 0) is 11.3 Å². The average Bonchev–Trinajstić information content (AvgIpc) is 3.36. The zero-order valence-corrected chi connectivity index (χ0v) is 19.4. The molecule has 5 aromatic rings. The van der Waals surface area contributed by atoms with Crippen LogP contribution >= 0.6 is 23.1 Å². The van der Waals surface area contributed by atoms with E-state index in [0.29, 0.717) is 16.7 Å². The number of aromatic nitrogens is 5. The van der Waals surface area contributed by atoms with Crippen molar-refractivity contribution < 1.29 is 4.79 Å². The molecule has 0 saturated heterocycles. The van der Waals surface area contributed by atoms with Gasteiger partial charge in [0, 0.05) is 11.9 Å². The van der Waals surface area contributed by atoms with Crippen LogP contribution in [0.1, 0.15) is 26.7 Å². The third kappa shape index (κ3) is 3.82. The van der Waals surface area contributed by atoms with Crippen LogP contribution in [0.3, 0.4) is 0 Å². The molecular weight excluding hydrogens is 440 g/mol. The highest BCUT2D eigenvalue weighted by atomic mass is 32.2. The zero-order valence-electron chi connectivity index (χ0n) is 17.8. The molecule has 162 valence electrons. The van der Waals surface area contributed by atoms with Crippen molar-refractivity contribution in [2.75, 3.05) is 5.32 Å². The molecule has 0 bridgehead atoms. The van der Waals surface area contributed by atoms with Gasteiger partial charge in [0.15, 0.2) is 10.8 Å². The van der Waals surface area contributed by atoms with Gasteiger partial charge in [-0.1, -0.05) is 67.3 Å². The Kier molecular flexibility index (Phi) is 5.75. The predicted molar refractivity (Wildman–Crippen MR) is 131 cm³/mol. The van der Waals surface area contributed by atoms with Crippen molar-refractivity contribution in [3.05, 3.63) is 48.5 Å². The molecule has 0 aliphatic carbocycles. The number of carbonyl (C=O) groups is 1. The first-order valence-corrected chi connectivity index (χ1v) is 12.3. The molecule has 3 aromatic heterocycles. The molecule has 2 aromatic carbocycles. The van der Waals surface area contributed by atoms with Crippen molar-refractivity contribution in [1.29, 1.82) is 0 Å². The molecule has 1 N–H and O–H groups in total. The number of para-hydroxylation sites is 2. The maximum Gasteiger partial charge on any atom is 0.239 e. The molecule has 1 amide bonds. The highest BCUT2D eigenvalue weighted by Gasteiger charge is 2.22. The third-order valence-corrected chi connectivity index (χ3v) is 7.40. The molecule has 3 heterocycles. The summed E-state index contributed by atoms with van der Waals surface area (Å²) in [7, 11) is 0. The monoisotopic (exact) mass is 462 g/mol. The number of fused-ring (bicyclic) bond motifs is 4. The van der Waals surface area contributed by atoms with E-state index in [-0.39, 0.29) is 11.2 Å². The molecule has 0 unspecified atom stereocenters. The van der Waals surface area contributed by atoms with Crippen LogP contribution in [0.4, 0.5) is 5.13 Å². The van der Waals surface area contributed by atoms with Gasteiger partial charge in [-0.25, -0.2) is 9.97 Å². The molecule has 9 heteroatoms. The van der Waals surface area contributed by atoms with E-state index in [4.69, 9.17) is 4.98 Å². The van der Waals surface area contributed by atoms with Gasteiger partial charge in [-0.2, -0.15) is 0 Å². The molecule has 0 fully saturated rings. The topological polar surface area (TPSA) is 85.6 Å². The number of rotatable bonds is 7. The summed E-state index contributed by atoms with van der Waals surface area (Å²) >= 11 is 2.81. The number of nitrogens with zero attached hydrogens (tertiary/aromatic N) is 5. The molecule has 0 aliphatic heterocycles. The number of hydrogen-bond acceptors (Lipinski definition) is 7. The first kappa shape index (κ1) is 20.8. The quantitative estimate of drug-likeness (QED) is 0.321. The summed E-state index contributed by atoms with van der Waals surface area (Å²) < 4.78 is 3.23. The molecule has 0 radical (unpaired) electrons. The fourth-order valence-electron chi connectivity index (χ4n) is 3.75. The molecule has 1 atom stereocenters. The first-order valence-electron chi connectivity index (χ1n) is 10.6. The lowest BCUT2D eigenvalue weighted by Crippen LogP contribution is -2.24. The Bertz CT molecular complexity index is 1390. The average molecular weight is 463 g/mol. The molecule has 0 saturated carbocycles. The van der Waals surface area contributed by atoms with Crippen molar-refractivity contribution in [3.63, 3.8) is 0 Å². The van der Waals surface area contributed by atoms with Crippen LogP contribution in [0.2, 0.25) is 0 Å². The number of aryl methyl sites for hydroxylation is 1. The molecule has 0 spiro atoms. The lowest BCUT2D eigenvalue weighted by molar-refractivity contribution is -0.115. The largest absolute Gasteiger partial charge is 0.324 e. The highest BCUT2D eigenvalue weighted by molar-refractivity contribution is 8.00. The number of thiazole rings is 1. The fraction of sp³-hybridized carbons (Fsp3) is 0.261. The summed E-state index contributed by atoms with van der Waals surface area (Å²) in [5.74, 6) is -0.102. The number of thioether (sulfide) groups is 1. The fourth-order valence-corrected chi connectivity index (χ4v) is 5.43. The standard InChI is InChI=1S/C23H22N6OS2/c1-3-13-29-16-11-7-5-9-14(16)19-20(29)25-23(28-27-19)31-17(4-2)21(30)26-22-24-15-10-6-8-12-18(15)32-22/h5-12,17H,3-4,13H2,1-2H3,(H,24,26,30)/t17-/m1/s1. The maximum absolute atomic E-state index is 13.0. The van der Waals surface area contributed by atoms with Gasteiger partial charge in [-0.3, -0.25) is 4.79 Å². The molecular formula is C23H22N6OS2. The van der Waals surface area contributed by atoms with E-state index in [1.807, 2.05) is 49.4 Å². The summed E-state index contributed by atoms with van der Waals surface area (Å²) in [6.07, 6.45) is 1.63. The van der Waals surface area contributed by atoms with Gasteiger partial charge in [0.1, 0.15) is 5.52 Å². The highest BCUT2D eigenvalue weighted by Crippen LogP contribution is 2.30. The second kappa shape index (κ2) is 8.84. The van der Waals surface area contributed by atoms with Gasteiger partial charge in [0.25, 0.3) is 0 Å². The Labute approximate surface area is 193 Å². The predicted octanol–water partition coefficient (Wildman–Crippen LogP) is 5.51. The van der Waals surface area contributed by atoms with Gasteiger partial charge >= 0.3 is 0 Å². The summed E-state index contributed by atoms with van der Waals surface area (Å²) in [5.41, 5.74) is 3.60. The van der Waals surface area contributed by atoms with E-state index in [9.17, 15) is 4.79 Å². The van der Waals surface area contributed by atoms with E-state index in [0.717, 1.165) is 45.2 Å². The minimum absolute atomic E-state index is 0.102. The molecule has 0 aliphatic rings. The van der Waals surface area contributed by atoms with Gasteiger partial charge in [-0.15, -0.1) is 10.2 Å². The number of benzene rings is 2. The Morgan fingerprint density at radius 1 is 1.09 bits per heavy atom. The van der Waals surface area contributed by atoms with Crippen LogP contribution in [0.25, 0.3) is 32.3 Å². The van der Waals surface area contributed by atoms with Gasteiger partial charge in [-0.05, 0) is 31.0 Å². The number of anilines is 1. The Balaban J connectivity index is 1.42. The summed E-state index contributed by atoms with van der Waals surface area (Å²) in [4.78, 5) is 22.3. The summed E-state index contributed by atoms with van der Waals surface area (Å²) in [6, 6.07) is 16.0. The maximum atomic E-state index is 13.0. The van der Waals surface area contributed by atoms with Crippen molar-refractivity contribution in [3.8, 4) is 0 Å². The van der Waals surface area contributed by atoms with Gasteiger partial charge < -0.3 is 9.88 Å². The molecule has 32 heavy (non-hydrogen) atoms. The summed E-state index contributed by atoms with van der Waals surface area (Å²) in [6.45, 7) is 4.97. The smallest absolute Gasteiger partial charge is 0.239 e. The van der Waals surface area contributed by atoms with Crippen LogP contribution < -0.4 is 5.32 Å². The second-order valence-electron chi connectivity index (χ2n) is 7.43. The number of carbonyl (C=O) groups excluding carboxylic acids is 1. The van der Waals surface area contributed by atoms with E-state index < -0.39 is 0 Å². The SMILES string of the molecule is CCCn1c2ccccc2c2nnc(S[C@H](CC)C(=O)Nc3nc4ccccc4s3)nc21. The van der Waals surface area contributed by atoms with Crippen LogP contribution in [0, 0.1) is 0 Å². The van der Waals surface area contributed by atoms with E-state index in [2.05, 4.69) is 38.1 Å².